The highest BCUT2D eigenvalue weighted by Gasteiger charge is 2.34. The lowest BCUT2D eigenvalue weighted by atomic mass is 10.2. The Kier molecular flexibility index (Phi) is 5.65. The van der Waals surface area contributed by atoms with Gasteiger partial charge in [-0.1, -0.05) is 6.92 Å². The topological polar surface area (TPSA) is 72.1 Å². The fraction of sp³-hybridized carbons (Fsp3) is 0.611. The summed E-state index contributed by atoms with van der Waals surface area (Å²) in [5, 5.41) is 5.72. The van der Waals surface area contributed by atoms with Gasteiger partial charge in [-0.05, 0) is 25.1 Å². The predicted molar refractivity (Wildman–Crippen MR) is 95.3 cm³/mol. The zero-order valence-corrected chi connectivity index (χ0v) is 15.0. The molecular formula is C18H27N3O4. The largest absolute Gasteiger partial charge is 0.449 e. The highest BCUT2D eigenvalue weighted by atomic mass is 16.7. The third-order valence-corrected chi connectivity index (χ3v) is 4.54. The summed E-state index contributed by atoms with van der Waals surface area (Å²) < 4.78 is 16.9. The van der Waals surface area contributed by atoms with Gasteiger partial charge in [0.15, 0.2) is 11.5 Å². The monoisotopic (exact) mass is 349 g/mol. The Morgan fingerprint density at radius 3 is 2.76 bits per heavy atom. The van der Waals surface area contributed by atoms with Gasteiger partial charge in [0.1, 0.15) is 0 Å². The van der Waals surface area contributed by atoms with Crippen molar-refractivity contribution < 1.29 is 19.0 Å². The minimum Gasteiger partial charge on any atom is -0.449 e. The third kappa shape index (κ3) is 4.76. The molecule has 0 aliphatic carbocycles. The Morgan fingerprint density at radius 1 is 1.24 bits per heavy atom. The summed E-state index contributed by atoms with van der Waals surface area (Å²) in [7, 11) is 0. The molecule has 2 heterocycles. The smallest absolute Gasteiger partial charge is 0.319 e. The highest BCUT2D eigenvalue weighted by Crippen LogP contribution is 2.41. The van der Waals surface area contributed by atoms with Crippen LogP contribution < -0.4 is 20.1 Å². The van der Waals surface area contributed by atoms with Crippen LogP contribution in [0.15, 0.2) is 18.2 Å². The van der Waals surface area contributed by atoms with Crippen molar-refractivity contribution in [1.82, 2.24) is 10.2 Å². The van der Waals surface area contributed by atoms with Crippen LogP contribution in [-0.2, 0) is 4.74 Å². The second kappa shape index (κ2) is 7.93. The second-order valence-electron chi connectivity index (χ2n) is 6.54. The van der Waals surface area contributed by atoms with Crippen LogP contribution in [0, 0.1) is 0 Å². The number of hydrogen-bond acceptors (Lipinski definition) is 5. The molecule has 2 N–H and O–H groups in total. The number of rotatable bonds is 6. The number of amides is 2. The summed E-state index contributed by atoms with van der Waals surface area (Å²) in [4.78, 5) is 14.4. The zero-order valence-electron chi connectivity index (χ0n) is 15.0. The fourth-order valence-corrected chi connectivity index (χ4v) is 2.88. The van der Waals surface area contributed by atoms with Gasteiger partial charge in [-0.15, -0.1) is 0 Å². The Balaban J connectivity index is 1.41. The molecule has 0 spiro atoms. The number of hydrogen-bond donors (Lipinski definition) is 2. The standard InChI is InChI=1S/C18H27N3O4/c1-3-18(2)24-15-6-5-14(13-16(15)25-18)20-17(22)19-7-4-8-21-9-11-23-12-10-21/h5-6,13H,3-4,7-12H2,1-2H3,(H2,19,20,22). The number of carbonyl (C=O) groups is 1. The van der Waals surface area contributed by atoms with Crippen LogP contribution in [0.5, 0.6) is 11.5 Å². The van der Waals surface area contributed by atoms with Crippen LogP contribution in [0.4, 0.5) is 10.5 Å². The van der Waals surface area contributed by atoms with Crippen molar-refractivity contribution in [2.75, 3.05) is 44.7 Å². The van der Waals surface area contributed by atoms with E-state index < -0.39 is 5.79 Å². The zero-order chi connectivity index (χ0) is 17.7. The summed E-state index contributed by atoms with van der Waals surface area (Å²) in [5.41, 5.74) is 0.688. The maximum atomic E-state index is 12.0. The van der Waals surface area contributed by atoms with Crippen molar-refractivity contribution in [2.24, 2.45) is 0 Å². The molecule has 1 unspecified atom stereocenters. The third-order valence-electron chi connectivity index (χ3n) is 4.54. The van der Waals surface area contributed by atoms with Crippen LogP contribution in [0.3, 0.4) is 0 Å². The van der Waals surface area contributed by atoms with E-state index in [2.05, 4.69) is 15.5 Å². The Hall–Kier alpha value is -1.99. The van der Waals surface area contributed by atoms with Crippen molar-refractivity contribution in [3.8, 4) is 11.5 Å². The SMILES string of the molecule is CCC1(C)Oc2ccc(NC(=O)NCCCN3CCOCC3)cc2O1. The van der Waals surface area contributed by atoms with E-state index in [9.17, 15) is 4.79 Å². The van der Waals surface area contributed by atoms with Gasteiger partial charge < -0.3 is 24.8 Å². The molecule has 0 radical (unpaired) electrons. The summed E-state index contributed by atoms with van der Waals surface area (Å²) in [6.07, 6.45) is 1.66. The molecule has 7 heteroatoms. The normalized spacial score (nSPS) is 22.6. The van der Waals surface area contributed by atoms with E-state index in [4.69, 9.17) is 14.2 Å². The number of nitrogens with zero attached hydrogens (tertiary/aromatic N) is 1. The molecule has 0 saturated carbocycles. The number of nitrogens with one attached hydrogen (secondary N) is 2. The maximum Gasteiger partial charge on any atom is 0.319 e. The fourth-order valence-electron chi connectivity index (χ4n) is 2.88. The first-order chi connectivity index (χ1) is 12.1. The summed E-state index contributed by atoms with van der Waals surface area (Å²) in [6.45, 7) is 9.08. The van der Waals surface area contributed by atoms with Gasteiger partial charge in [0.05, 0.1) is 13.2 Å². The molecule has 25 heavy (non-hydrogen) atoms. The number of benzene rings is 1. The molecule has 2 aliphatic heterocycles. The average molecular weight is 349 g/mol. The van der Waals surface area contributed by atoms with Gasteiger partial charge in [0, 0.05) is 44.7 Å². The van der Waals surface area contributed by atoms with Crippen LogP contribution in [0.1, 0.15) is 26.7 Å². The summed E-state index contributed by atoms with van der Waals surface area (Å²) in [5.74, 6) is 0.748. The van der Waals surface area contributed by atoms with Crippen molar-refractivity contribution in [1.29, 1.82) is 0 Å². The van der Waals surface area contributed by atoms with Gasteiger partial charge in [-0.25, -0.2) is 4.79 Å². The van der Waals surface area contributed by atoms with Gasteiger partial charge in [-0.3, -0.25) is 4.90 Å². The molecule has 0 bridgehead atoms. The second-order valence-corrected chi connectivity index (χ2v) is 6.54. The molecule has 1 aromatic rings. The number of anilines is 1. The minimum atomic E-state index is -0.622. The molecular weight excluding hydrogens is 322 g/mol. The van der Waals surface area contributed by atoms with E-state index in [0.717, 1.165) is 45.7 Å². The average Bonchev–Trinajstić information content (AvgIpc) is 2.96. The van der Waals surface area contributed by atoms with E-state index in [1.54, 1.807) is 6.07 Å². The molecule has 3 rings (SSSR count). The maximum absolute atomic E-state index is 12.0. The van der Waals surface area contributed by atoms with E-state index in [1.807, 2.05) is 26.0 Å². The van der Waals surface area contributed by atoms with Gasteiger partial charge in [-0.2, -0.15) is 0 Å². The quantitative estimate of drug-likeness (QED) is 0.772. The van der Waals surface area contributed by atoms with Gasteiger partial charge >= 0.3 is 6.03 Å². The molecule has 1 fully saturated rings. The first kappa shape index (κ1) is 17.8. The van der Waals surface area contributed by atoms with Crippen LogP contribution in [0.2, 0.25) is 0 Å². The first-order valence-corrected chi connectivity index (χ1v) is 8.95. The number of morpholine rings is 1. The molecule has 1 aromatic carbocycles. The predicted octanol–water partition coefficient (Wildman–Crippen LogP) is 2.43. The Labute approximate surface area is 148 Å². The Bertz CT molecular complexity index is 604. The van der Waals surface area contributed by atoms with E-state index in [-0.39, 0.29) is 6.03 Å². The molecule has 2 aliphatic rings. The van der Waals surface area contributed by atoms with Crippen molar-refractivity contribution in [3.05, 3.63) is 18.2 Å². The van der Waals surface area contributed by atoms with Gasteiger partial charge in [0.25, 0.3) is 0 Å². The number of carbonyl (C=O) groups excluding carboxylic acids is 1. The minimum absolute atomic E-state index is 0.209. The number of ether oxygens (including phenoxy) is 3. The molecule has 1 atom stereocenters. The molecule has 1 saturated heterocycles. The van der Waals surface area contributed by atoms with Crippen LogP contribution >= 0.6 is 0 Å². The van der Waals surface area contributed by atoms with Crippen LogP contribution in [-0.4, -0.2) is 56.1 Å². The summed E-state index contributed by atoms with van der Waals surface area (Å²) >= 11 is 0. The lowest BCUT2D eigenvalue weighted by molar-refractivity contribution is -0.0640. The number of urea groups is 1. The summed E-state index contributed by atoms with van der Waals surface area (Å²) in [6, 6.07) is 5.23. The lowest BCUT2D eigenvalue weighted by Crippen LogP contribution is -2.38. The lowest BCUT2D eigenvalue weighted by Gasteiger charge is -2.26. The van der Waals surface area contributed by atoms with Crippen molar-refractivity contribution in [2.45, 2.75) is 32.5 Å². The number of fused-ring (bicyclic) bond motifs is 1. The molecule has 0 aromatic heterocycles. The van der Waals surface area contributed by atoms with E-state index >= 15 is 0 Å². The molecule has 7 nitrogen and oxygen atoms in total. The van der Waals surface area contributed by atoms with E-state index in [1.165, 1.54) is 0 Å². The van der Waals surface area contributed by atoms with E-state index in [0.29, 0.717) is 23.7 Å². The highest BCUT2D eigenvalue weighted by molar-refractivity contribution is 5.89. The van der Waals surface area contributed by atoms with Crippen LogP contribution in [0.25, 0.3) is 0 Å². The first-order valence-electron chi connectivity index (χ1n) is 8.95. The molecule has 2 amide bonds. The van der Waals surface area contributed by atoms with Crippen molar-refractivity contribution >= 4 is 11.7 Å². The molecule has 138 valence electrons. The van der Waals surface area contributed by atoms with Gasteiger partial charge in [0.2, 0.25) is 5.79 Å². The van der Waals surface area contributed by atoms with Crippen molar-refractivity contribution in [3.63, 3.8) is 0 Å². The Morgan fingerprint density at radius 2 is 2.00 bits per heavy atom.